The SMILES string of the molecule is Cn1c(C2CCCN(S(=O)(=O)c3ccc4c(c3)CCCC4)C2)nc2ccccc21. The molecule has 1 atom stereocenters. The minimum atomic E-state index is -3.48. The number of aryl methyl sites for hydroxylation is 3. The third kappa shape index (κ3) is 3.28. The Bertz CT molecular complexity index is 1170. The maximum atomic E-state index is 13.4. The first kappa shape index (κ1) is 18.8. The molecule has 29 heavy (non-hydrogen) atoms. The highest BCUT2D eigenvalue weighted by molar-refractivity contribution is 7.89. The molecule has 3 aromatic rings. The van der Waals surface area contributed by atoms with Crippen molar-refractivity contribution in [1.29, 1.82) is 0 Å². The van der Waals surface area contributed by atoms with Crippen molar-refractivity contribution in [3.05, 3.63) is 59.4 Å². The summed E-state index contributed by atoms with van der Waals surface area (Å²) >= 11 is 0. The summed E-state index contributed by atoms with van der Waals surface area (Å²) in [6.07, 6.45) is 6.22. The summed E-state index contributed by atoms with van der Waals surface area (Å²) in [7, 11) is -1.45. The van der Waals surface area contributed by atoms with Crippen molar-refractivity contribution < 1.29 is 8.42 Å². The number of nitrogens with zero attached hydrogens (tertiary/aromatic N) is 3. The smallest absolute Gasteiger partial charge is 0.243 e. The number of rotatable bonds is 3. The third-order valence-electron chi connectivity index (χ3n) is 6.53. The number of fused-ring (bicyclic) bond motifs is 2. The van der Waals surface area contributed by atoms with Crippen molar-refractivity contribution in [3.63, 3.8) is 0 Å². The van der Waals surface area contributed by atoms with Crippen molar-refractivity contribution in [1.82, 2.24) is 13.9 Å². The van der Waals surface area contributed by atoms with Crippen LogP contribution in [0.1, 0.15) is 48.6 Å². The van der Waals surface area contributed by atoms with Gasteiger partial charge >= 0.3 is 0 Å². The van der Waals surface area contributed by atoms with Crippen LogP contribution in [0.5, 0.6) is 0 Å². The van der Waals surface area contributed by atoms with E-state index in [0.717, 1.165) is 49.0 Å². The molecule has 0 N–H and O–H groups in total. The van der Waals surface area contributed by atoms with E-state index in [1.54, 1.807) is 10.4 Å². The second-order valence-electron chi connectivity index (χ2n) is 8.36. The third-order valence-corrected chi connectivity index (χ3v) is 8.39. The molecular formula is C23H27N3O2S. The average Bonchev–Trinajstić information content (AvgIpc) is 3.10. The Morgan fingerprint density at radius 1 is 1.00 bits per heavy atom. The summed E-state index contributed by atoms with van der Waals surface area (Å²) in [6.45, 7) is 1.08. The first-order chi connectivity index (χ1) is 14.0. The van der Waals surface area contributed by atoms with Gasteiger partial charge in [-0.1, -0.05) is 18.2 Å². The number of hydrogen-bond acceptors (Lipinski definition) is 3. The molecule has 2 aromatic carbocycles. The average molecular weight is 410 g/mol. The van der Waals surface area contributed by atoms with Crippen LogP contribution in [0.2, 0.25) is 0 Å². The molecule has 0 radical (unpaired) electrons. The van der Waals surface area contributed by atoms with Gasteiger partial charge < -0.3 is 4.57 Å². The van der Waals surface area contributed by atoms with E-state index in [9.17, 15) is 8.42 Å². The van der Waals surface area contributed by atoms with Crippen LogP contribution in [-0.2, 0) is 29.9 Å². The summed E-state index contributed by atoms with van der Waals surface area (Å²) in [4.78, 5) is 5.27. The summed E-state index contributed by atoms with van der Waals surface area (Å²) in [5.41, 5.74) is 4.59. The maximum Gasteiger partial charge on any atom is 0.243 e. The molecule has 0 spiro atoms. The topological polar surface area (TPSA) is 55.2 Å². The predicted molar refractivity (Wildman–Crippen MR) is 115 cm³/mol. The lowest BCUT2D eigenvalue weighted by Gasteiger charge is -2.32. The van der Waals surface area contributed by atoms with E-state index < -0.39 is 10.0 Å². The second-order valence-corrected chi connectivity index (χ2v) is 10.3. The molecule has 152 valence electrons. The standard InChI is InChI=1S/C23H27N3O2S/c1-25-22-11-5-4-10-21(22)24-23(25)19-9-6-14-26(16-19)29(27,28)20-13-12-17-7-2-3-8-18(17)15-20/h4-5,10-13,15,19H,2-3,6-9,14,16H2,1H3. The summed E-state index contributed by atoms with van der Waals surface area (Å²) in [5, 5.41) is 0. The van der Waals surface area contributed by atoms with Crippen LogP contribution < -0.4 is 0 Å². The highest BCUT2D eigenvalue weighted by atomic mass is 32.2. The molecule has 5 rings (SSSR count). The highest BCUT2D eigenvalue weighted by Gasteiger charge is 2.33. The Morgan fingerprint density at radius 3 is 2.62 bits per heavy atom. The van der Waals surface area contributed by atoms with Crippen LogP contribution in [0.15, 0.2) is 47.4 Å². The number of piperidine rings is 1. The van der Waals surface area contributed by atoms with Crippen LogP contribution in [0.25, 0.3) is 11.0 Å². The summed E-state index contributed by atoms with van der Waals surface area (Å²) < 4.78 is 30.6. The molecule has 0 saturated carbocycles. The van der Waals surface area contributed by atoms with E-state index in [0.29, 0.717) is 18.0 Å². The van der Waals surface area contributed by atoms with E-state index in [-0.39, 0.29) is 5.92 Å². The molecule has 6 heteroatoms. The second kappa shape index (κ2) is 7.26. The number of imidazole rings is 1. The normalized spacial score (nSPS) is 20.7. The van der Waals surface area contributed by atoms with Crippen molar-refractivity contribution in [2.24, 2.45) is 7.05 Å². The van der Waals surface area contributed by atoms with Crippen LogP contribution in [-0.4, -0.2) is 35.4 Å². The zero-order chi connectivity index (χ0) is 20.0. The molecular weight excluding hydrogens is 382 g/mol. The lowest BCUT2D eigenvalue weighted by Crippen LogP contribution is -2.39. The lowest BCUT2D eigenvalue weighted by molar-refractivity contribution is 0.307. The van der Waals surface area contributed by atoms with E-state index >= 15 is 0 Å². The van der Waals surface area contributed by atoms with Gasteiger partial charge in [0.2, 0.25) is 10.0 Å². The molecule has 1 aliphatic heterocycles. The first-order valence-electron chi connectivity index (χ1n) is 10.6. The number of hydrogen-bond donors (Lipinski definition) is 0. The van der Waals surface area contributed by atoms with Gasteiger partial charge in [-0.15, -0.1) is 0 Å². The van der Waals surface area contributed by atoms with Crippen molar-refractivity contribution >= 4 is 21.1 Å². The number of para-hydroxylation sites is 2. The maximum absolute atomic E-state index is 13.4. The molecule has 1 aromatic heterocycles. The molecule has 0 amide bonds. The van der Waals surface area contributed by atoms with Gasteiger partial charge in [0, 0.05) is 26.1 Å². The van der Waals surface area contributed by atoms with E-state index in [2.05, 4.69) is 10.6 Å². The first-order valence-corrected chi connectivity index (χ1v) is 12.0. The summed E-state index contributed by atoms with van der Waals surface area (Å²) in [5.74, 6) is 1.10. The van der Waals surface area contributed by atoms with E-state index in [1.807, 2.05) is 37.4 Å². The van der Waals surface area contributed by atoms with Crippen LogP contribution >= 0.6 is 0 Å². The molecule has 5 nitrogen and oxygen atoms in total. The van der Waals surface area contributed by atoms with Gasteiger partial charge in [-0.05, 0) is 73.9 Å². The lowest BCUT2D eigenvalue weighted by atomic mass is 9.92. The minimum absolute atomic E-state index is 0.119. The molecule has 1 saturated heterocycles. The quantitative estimate of drug-likeness (QED) is 0.656. The zero-order valence-corrected chi connectivity index (χ0v) is 17.7. The van der Waals surface area contributed by atoms with E-state index in [1.165, 1.54) is 17.5 Å². The van der Waals surface area contributed by atoms with Gasteiger partial charge in [-0.25, -0.2) is 13.4 Å². The van der Waals surface area contributed by atoms with Crippen LogP contribution in [0.4, 0.5) is 0 Å². The fourth-order valence-electron chi connectivity index (χ4n) is 4.92. The number of aromatic nitrogens is 2. The van der Waals surface area contributed by atoms with E-state index in [4.69, 9.17) is 4.98 Å². The zero-order valence-electron chi connectivity index (χ0n) is 16.8. The van der Waals surface area contributed by atoms with Gasteiger partial charge in [0.25, 0.3) is 0 Å². The summed E-state index contributed by atoms with van der Waals surface area (Å²) in [6, 6.07) is 13.8. The number of benzene rings is 2. The number of sulfonamides is 1. The molecule has 1 unspecified atom stereocenters. The van der Waals surface area contributed by atoms with Crippen LogP contribution in [0.3, 0.4) is 0 Å². The Kier molecular flexibility index (Phi) is 4.71. The van der Waals surface area contributed by atoms with Crippen molar-refractivity contribution in [2.45, 2.75) is 49.3 Å². The fraction of sp³-hybridized carbons (Fsp3) is 0.435. The van der Waals surface area contributed by atoms with Gasteiger partial charge in [0.15, 0.2) is 0 Å². The van der Waals surface area contributed by atoms with Crippen molar-refractivity contribution in [3.8, 4) is 0 Å². The van der Waals surface area contributed by atoms with Gasteiger partial charge in [-0.2, -0.15) is 4.31 Å². The molecule has 0 bridgehead atoms. The molecule has 2 aliphatic rings. The Morgan fingerprint density at radius 2 is 1.79 bits per heavy atom. The Labute approximate surface area is 172 Å². The minimum Gasteiger partial charge on any atom is -0.331 e. The highest BCUT2D eigenvalue weighted by Crippen LogP contribution is 2.32. The largest absolute Gasteiger partial charge is 0.331 e. The van der Waals surface area contributed by atoms with Crippen LogP contribution in [0, 0.1) is 0 Å². The molecule has 1 fully saturated rings. The van der Waals surface area contributed by atoms with Gasteiger partial charge in [-0.3, -0.25) is 0 Å². The fourth-order valence-corrected chi connectivity index (χ4v) is 6.50. The predicted octanol–water partition coefficient (Wildman–Crippen LogP) is 4.02. The molecule has 1 aliphatic carbocycles. The Hall–Kier alpha value is -2.18. The van der Waals surface area contributed by atoms with Crippen molar-refractivity contribution in [2.75, 3.05) is 13.1 Å². The van der Waals surface area contributed by atoms with Gasteiger partial charge in [0.05, 0.1) is 15.9 Å². The monoisotopic (exact) mass is 409 g/mol. The Balaban J connectivity index is 1.44. The molecule has 2 heterocycles. The van der Waals surface area contributed by atoms with Gasteiger partial charge in [0.1, 0.15) is 5.82 Å².